The summed E-state index contributed by atoms with van der Waals surface area (Å²) in [7, 11) is 0. The first-order chi connectivity index (χ1) is 6.80. The maximum Gasteiger partial charge on any atom is 0.416 e. The van der Waals surface area contributed by atoms with Crippen LogP contribution in [0.2, 0.25) is 0 Å². The summed E-state index contributed by atoms with van der Waals surface area (Å²) in [6, 6.07) is 0. The molecule has 0 saturated carbocycles. The van der Waals surface area contributed by atoms with Gasteiger partial charge >= 0.3 is 11.9 Å². The second kappa shape index (κ2) is 3.85. The second-order valence-electron chi connectivity index (χ2n) is 2.74. The molecule has 6 nitrogen and oxygen atoms in total. The third-order valence-corrected chi connectivity index (χ3v) is 1.57. The molecule has 84 valence electrons. The summed E-state index contributed by atoms with van der Waals surface area (Å²) in [5, 5.41) is 22.1. The van der Waals surface area contributed by atoms with Crippen molar-refractivity contribution in [3.8, 4) is 0 Å². The van der Waals surface area contributed by atoms with E-state index in [9.17, 15) is 23.3 Å². The van der Waals surface area contributed by atoms with Gasteiger partial charge < -0.3 is 5.11 Å². The maximum atomic E-state index is 11.9. The van der Waals surface area contributed by atoms with Gasteiger partial charge in [0.25, 0.3) is 0 Å². The normalized spacial score (nSPS) is 13.9. The van der Waals surface area contributed by atoms with Crippen LogP contribution in [0.5, 0.6) is 0 Å². The SMILES string of the molecule is O=[N+]([O-])c1cnn(CC(O)C(F)(F)F)c1. The minimum absolute atomic E-state index is 0.427. The number of alkyl halides is 3. The molecule has 15 heavy (non-hydrogen) atoms. The Hall–Kier alpha value is -1.64. The summed E-state index contributed by atoms with van der Waals surface area (Å²) in [5.41, 5.74) is -0.427. The Balaban J connectivity index is 2.69. The predicted molar refractivity (Wildman–Crippen MR) is 40.9 cm³/mol. The highest BCUT2D eigenvalue weighted by atomic mass is 19.4. The van der Waals surface area contributed by atoms with Crippen molar-refractivity contribution in [1.29, 1.82) is 0 Å². The summed E-state index contributed by atoms with van der Waals surface area (Å²) in [6.07, 6.45) is -5.73. The number of aliphatic hydroxyl groups is 1. The largest absolute Gasteiger partial charge is 0.416 e. The second-order valence-corrected chi connectivity index (χ2v) is 2.74. The van der Waals surface area contributed by atoms with E-state index in [1.165, 1.54) is 0 Å². The zero-order chi connectivity index (χ0) is 11.6. The molecule has 1 atom stereocenters. The van der Waals surface area contributed by atoms with Crippen molar-refractivity contribution in [2.45, 2.75) is 18.8 Å². The minimum atomic E-state index is -4.76. The molecule has 0 saturated heterocycles. The van der Waals surface area contributed by atoms with E-state index >= 15 is 0 Å². The molecule has 0 bridgehead atoms. The molecule has 1 rings (SSSR count). The Morgan fingerprint density at radius 2 is 2.27 bits per heavy atom. The Labute approximate surface area is 81.1 Å². The number of halogens is 3. The van der Waals surface area contributed by atoms with Crippen LogP contribution >= 0.6 is 0 Å². The first-order valence-electron chi connectivity index (χ1n) is 3.72. The van der Waals surface area contributed by atoms with Crippen LogP contribution in [0.15, 0.2) is 12.4 Å². The molecule has 0 aliphatic carbocycles. The zero-order valence-electron chi connectivity index (χ0n) is 7.18. The smallest absolute Gasteiger partial charge is 0.382 e. The highest BCUT2D eigenvalue weighted by Gasteiger charge is 2.38. The van der Waals surface area contributed by atoms with Crippen molar-refractivity contribution in [3.05, 3.63) is 22.5 Å². The first-order valence-corrected chi connectivity index (χ1v) is 3.72. The van der Waals surface area contributed by atoms with Gasteiger partial charge in [0.2, 0.25) is 0 Å². The summed E-state index contributed by atoms with van der Waals surface area (Å²) >= 11 is 0. The van der Waals surface area contributed by atoms with E-state index in [-0.39, 0.29) is 0 Å². The molecular formula is C6H6F3N3O3. The Morgan fingerprint density at radius 3 is 2.67 bits per heavy atom. The fraction of sp³-hybridized carbons (Fsp3) is 0.500. The lowest BCUT2D eigenvalue weighted by molar-refractivity contribution is -0.385. The fourth-order valence-corrected chi connectivity index (χ4v) is 0.827. The monoisotopic (exact) mass is 225 g/mol. The standard InChI is InChI=1S/C6H6F3N3O3/c7-6(8,9)5(13)3-11-2-4(1-10-11)12(14)15/h1-2,5,13H,3H2. The van der Waals surface area contributed by atoms with E-state index in [1.54, 1.807) is 0 Å². The molecule has 1 aromatic rings. The van der Waals surface area contributed by atoms with Gasteiger partial charge in [-0.2, -0.15) is 18.3 Å². The molecule has 1 N–H and O–H groups in total. The summed E-state index contributed by atoms with van der Waals surface area (Å²) < 4.78 is 36.3. The van der Waals surface area contributed by atoms with Crippen molar-refractivity contribution in [3.63, 3.8) is 0 Å². The van der Waals surface area contributed by atoms with Crippen molar-refractivity contribution < 1.29 is 23.2 Å². The molecule has 0 amide bonds. The number of hydrogen-bond donors (Lipinski definition) is 1. The maximum absolute atomic E-state index is 11.9. The molecule has 0 spiro atoms. The Bertz CT molecular complexity index is 362. The molecule has 0 aromatic carbocycles. The number of hydrogen-bond acceptors (Lipinski definition) is 4. The van der Waals surface area contributed by atoms with Crippen LogP contribution in [0.4, 0.5) is 18.9 Å². The lowest BCUT2D eigenvalue weighted by Gasteiger charge is -2.13. The van der Waals surface area contributed by atoms with Gasteiger partial charge in [-0.25, -0.2) is 0 Å². The van der Waals surface area contributed by atoms with Crippen molar-refractivity contribution in [2.75, 3.05) is 0 Å². The van der Waals surface area contributed by atoms with Crippen molar-refractivity contribution in [2.24, 2.45) is 0 Å². The zero-order valence-corrected chi connectivity index (χ0v) is 7.18. The van der Waals surface area contributed by atoms with Crippen LogP contribution in [0.3, 0.4) is 0 Å². The van der Waals surface area contributed by atoms with Crippen LogP contribution in [0.1, 0.15) is 0 Å². The topological polar surface area (TPSA) is 81.2 Å². The van der Waals surface area contributed by atoms with Gasteiger partial charge in [-0.3, -0.25) is 14.8 Å². The van der Waals surface area contributed by atoms with Crippen LogP contribution in [-0.4, -0.2) is 32.1 Å². The van der Waals surface area contributed by atoms with Gasteiger partial charge in [-0.05, 0) is 0 Å². The minimum Gasteiger partial charge on any atom is -0.382 e. The Morgan fingerprint density at radius 1 is 1.67 bits per heavy atom. The van der Waals surface area contributed by atoms with Crippen LogP contribution in [0, 0.1) is 10.1 Å². The number of aliphatic hydroxyl groups excluding tert-OH is 1. The fourth-order valence-electron chi connectivity index (χ4n) is 0.827. The predicted octanol–water partition coefficient (Wildman–Crippen LogP) is 0.714. The third kappa shape index (κ3) is 2.91. The quantitative estimate of drug-likeness (QED) is 0.606. The number of rotatable bonds is 3. The van der Waals surface area contributed by atoms with E-state index in [0.717, 1.165) is 12.4 Å². The average Bonchev–Trinajstić information content (AvgIpc) is 2.50. The number of nitro groups is 1. The molecule has 0 aliphatic heterocycles. The van der Waals surface area contributed by atoms with Crippen LogP contribution in [-0.2, 0) is 6.54 Å². The van der Waals surface area contributed by atoms with Crippen molar-refractivity contribution >= 4 is 5.69 Å². The Kier molecular flexibility index (Phi) is 2.93. The van der Waals surface area contributed by atoms with E-state index < -0.39 is 29.4 Å². The lowest BCUT2D eigenvalue weighted by Crippen LogP contribution is -2.32. The van der Waals surface area contributed by atoms with Crippen LogP contribution in [0.25, 0.3) is 0 Å². The van der Waals surface area contributed by atoms with Crippen molar-refractivity contribution in [1.82, 2.24) is 9.78 Å². The lowest BCUT2D eigenvalue weighted by atomic mass is 10.3. The van der Waals surface area contributed by atoms with Gasteiger partial charge in [-0.15, -0.1) is 0 Å². The third-order valence-electron chi connectivity index (χ3n) is 1.57. The average molecular weight is 225 g/mol. The molecule has 1 aromatic heterocycles. The van der Waals surface area contributed by atoms with Gasteiger partial charge in [0.05, 0.1) is 11.5 Å². The molecule has 0 aliphatic rings. The van der Waals surface area contributed by atoms with E-state index in [4.69, 9.17) is 5.11 Å². The highest BCUT2D eigenvalue weighted by molar-refractivity contribution is 5.20. The van der Waals surface area contributed by atoms with Gasteiger partial charge in [-0.1, -0.05) is 0 Å². The van der Waals surface area contributed by atoms with Crippen LogP contribution < -0.4 is 0 Å². The molecule has 1 heterocycles. The van der Waals surface area contributed by atoms with E-state index in [0.29, 0.717) is 4.68 Å². The molecule has 1 unspecified atom stereocenters. The van der Waals surface area contributed by atoms with Gasteiger partial charge in [0.1, 0.15) is 12.4 Å². The van der Waals surface area contributed by atoms with Gasteiger partial charge in [0.15, 0.2) is 6.10 Å². The summed E-state index contributed by atoms with van der Waals surface area (Å²) in [6.45, 7) is -0.864. The first kappa shape index (κ1) is 11.4. The molecule has 9 heteroatoms. The molecular weight excluding hydrogens is 219 g/mol. The summed E-state index contributed by atoms with van der Waals surface area (Å²) in [5.74, 6) is 0. The number of nitrogens with zero attached hydrogens (tertiary/aromatic N) is 3. The highest BCUT2D eigenvalue weighted by Crippen LogP contribution is 2.21. The number of aromatic nitrogens is 2. The molecule has 0 fully saturated rings. The van der Waals surface area contributed by atoms with Gasteiger partial charge in [0, 0.05) is 0 Å². The van der Waals surface area contributed by atoms with E-state index in [1.807, 2.05) is 0 Å². The van der Waals surface area contributed by atoms with E-state index in [2.05, 4.69) is 5.10 Å². The summed E-state index contributed by atoms with van der Waals surface area (Å²) in [4.78, 5) is 9.38. The molecule has 0 radical (unpaired) electrons.